The molecular weight excluding hydrogens is 411 g/mol. The van der Waals surface area contributed by atoms with Gasteiger partial charge >= 0.3 is 5.97 Å². The molecule has 2 amide bonds. The number of rotatable bonds is 5. The molecule has 1 unspecified atom stereocenters. The van der Waals surface area contributed by atoms with Gasteiger partial charge in [-0.1, -0.05) is 23.9 Å². The van der Waals surface area contributed by atoms with Gasteiger partial charge in [0.2, 0.25) is 5.91 Å². The third-order valence-corrected chi connectivity index (χ3v) is 5.24. The van der Waals surface area contributed by atoms with Crippen LogP contribution in [0.5, 0.6) is 0 Å². The van der Waals surface area contributed by atoms with Crippen molar-refractivity contribution in [3.05, 3.63) is 53.6 Å². The van der Waals surface area contributed by atoms with Gasteiger partial charge in [0.1, 0.15) is 11.5 Å². The molecule has 0 saturated carbocycles. The molecule has 3 rings (SSSR count). The summed E-state index contributed by atoms with van der Waals surface area (Å²) in [6.07, 6.45) is 4.07. The molecule has 0 radical (unpaired) electrons. The topological polar surface area (TPSA) is 92.7 Å². The largest absolute Gasteiger partial charge is 0.467 e. The number of ether oxygens (including phenoxy) is 1. The predicted octanol–water partition coefficient (Wildman–Crippen LogP) is 2.10. The van der Waals surface area contributed by atoms with Crippen molar-refractivity contribution >= 4 is 29.5 Å². The zero-order valence-corrected chi connectivity index (χ0v) is 17.4. The third-order valence-electron chi connectivity index (χ3n) is 4.68. The van der Waals surface area contributed by atoms with Gasteiger partial charge in [0.05, 0.1) is 13.5 Å². The minimum atomic E-state index is -0.943. The molecule has 1 aliphatic heterocycles. The molecule has 0 N–H and O–H groups in total. The van der Waals surface area contributed by atoms with Crippen LogP contribution in [0, 0.1) is 5.82 Å². The normalized spacial score (nSPS) is 16.3. The van der Waals surface area contributed by atoms with E-state index in [0.29, 0.717) is 23.6 Å². The molecule has 1 atom stereocenters. The summed E-state index contributed by atoms with van der Waals surface area (Å²) in [5.41, 5.74) is 0.672. The van der Waals surface area contributed by atoms with Gasteiger partial charge in [0.25, 0.3) is 5.91 Å². The lowest BCUT2D eigenvalue weighted by Crippen LogP contribution is -2.60. The van der Waals surface area contributed by atoms with Crippen molar-refractivity contribution in [1.29, 1.82) is 0 Å². The van der Waals surface area contributed by atoms with Crippen molar-refractivity contribution in [3.8, 4) is 0 Å². The molecule has 0 aliphatic carbocycles. The second-order valence-corrected chi connectivity index (χ2v) is 7.35. The first kappa shape index (κ1) is 21.7. The van der Waals surface area contributed by atoms with E-state index in [9.17, 15) is 18.8 Å². The Balaban J connectivity index is 1.92. The van der Waals surface area contributed by atoms with Gasteiger partial charge in [-0.3, -0.25) is 14.6 Å². The van der Waals surface area contributed by atoms with Gasteiger partial charge in [-0.15, -0.1) is 0 Å². The van der Waals surface area contributed by atoms with Crippen LogP contribution >= 0.6 is 11.8 Å². The van der Waals surface area contributed by atoms with Crippen molar-refractivity contribution < 1.29 is 23.5 Å². The monoisotopic (exact) mass is 432 g/mol. The summed E-state index contributed by atoms with van der Waals surface area (Å²) in [7, 11) is 1.24. The van der Waals surface area contributed by atoms with Crippen LogP contribution < -0.4 is 0 Å². The number of carbonyl (C=O) groups excluding carboxylic acids is 3. The second kappa shape index (κ2) is 9.66. The maximum absolute atomic E-state index is 13.3. The number of hydrogen-bond donors (Lipinski definition) is 0. The Labute approximate surface area is 177 Å². The average molecular weight is 432 g/mol. The van der Waals surface area contributed by atoms with Gasteiger partial charge < -0.3 is 4.74 Å². The minimum absolute atomic E-state index is 0.0439. The summed E-state index contributed by atoms with van der Waals surface area (Å²) < 4.78 is 18.0. The highest BCUT2D eigenvalue weighted by atomic mass is 32.2. The Hall–Kier alpha value is -3.01. The molecule has 0 bridgehead atoms. The Morgan fingerprint density at radius 2 is 1.97 bits per heavy atom. The lowest BCUT2D eigenvalue weighted by molar-refractivity contribution is -0.165. The van der Waals surface area contributed by atoms with E-state index < -0.39 is 23.7 Å². The van der Waals surface area contributed by atoms with Gasteiger partial charge in [-0.2, -0.15) is 0 Å². The molecule has 1 aromatic carbocycles. The SMILES string of the molecule is COC(=O)C1CCCN(C(=O)Cc2ccc(F)cc2)N1C(=O)c1ccnc(SC)n1. The smallest absolute Gasteiger partial charge is 0.330 e. The van der Waals surface area contributed by atoms with Crippen LogP contribution in [0.25, 0.3) is 0 Å². The first-order valence-corrected chi connectivity index (χ1v) is 10.5. The van der Waals surface area contributed by atoms with Crippen LogP contribution in [0.1, 0.15) is 28.9 Å². The Morgan fingerprint density at radius 3 is 2.63 bits per heavy atom. The number of esters is 1. The van der Waals surface area contributed by atoms with Crippen molar-refractivity contribution in [2.45, 2.75) is 30.5 Å². The molecule has 0 spiro atoms. The molecule has 2 aromatic rings. The molecule has 8 nitrogen and oxygen atoms in total. The zero-order valence-electron chi connectivity index (χ0n) is 16.6. The highest BCUT2D eigenvalue weighted by molar-refractivity contribution is 7.98. The highest BCUT2D eigenvalue weighted by Crippen LogP contribution is 2.23. The number of hydrogen-bond acceptors (Lipinski definition) is 7. The van der Waals surface area contributed by atoms with E-state index in [2.05, 4.69) is 9.97 Å². The molecular formula is C20H21FN4O4S. The predicted molar refractivity (Wildman–Crippen MR) is 107 cm³/mol. The van der Waals surface area contributed by atoms with Crippen LogP contribution in [-0.4, -0.2) is 63.7 Å². The Morgan fingerprint density at radius 1 is 1.23 bits per heavy atom. The molecule has 1 fully saturated rings. The van der Waals surface area contributed by atoms with Crippen molar-refractivity contribution in [3.63, 3.8) is 0 Å². The molecule has 30 heavy (non-hydrogen) atoms. The van der Waals surface area contributed by atoms with E-state index in [4.69, 9.17) is 4.74 Å². The first-order valence-electron chi connectivity index (χ1n) is 9.27. The van der Waals surface area contributed by atoms with E-state index in [0.717, 1.165) is 5.01 Å². The summed E-state index contributed by atoms with van der Waals surface area (Å²) in [5.74, 6) is -1.99. The summed E-state index contributed by atoms with van der Waals surface area (Å²) in [6, 6.07) is 6.05. The maximum atomic E-state index is 13.3. The van der Waals surface area contributed by atoms with Crippen LogP contribution in [0.2, 0.25) is 0 Å². The van der Waals surface area contributed by atoms with E-state index in [1.165, 1.54) is 60.4 Å². The standard InChI is InChI=1S/C20H21FN4O4S/c1-29-19(28)16-4-3-11-24(17(26)12-13-5-7-14(21)8-6-13)25(16)18(27)15-9-10-22-20(23-15)30-2/h5-10,16H,3-4,11-12H2,1-2H3. The quantitative estimate of drug-likeness (QED) is 0.406. The molecule has 1 aliphatic rings. The molecule has 158 valence electrons. The number of benzene rings is 1. The maximum Gasteiger partial charge on any atom is 0.330 e. The number of thioether (sulfide) groups is 1. The number of amides is 2. The average Bonchev–Trinajstić information content (AvgIpc) is 2.79. The number of aromatic nitrogens is 2. The van der Waals surface area contributed by atoms with Crippen LogP contribution in [0.15, 0.2) is 41.7 Å². The van der Waals surface area contributed by atoms with Crippen molar-refractivity contribution in [1.82, 2.24) is 20.0 Å². The second-order valence-electron chi connectivity index (χ2n) is 6.58. The third kappa shape index (κ3) is 4.76. The fourth-order valence-electron chi connectivity index (χ4n) is 3.23. The van der Waals surface area contributed by atoms with Crippen molar-refractivity contribution in [2.75, 3.05) is 19.9 Å². The Kier molecular flexibility index (Phi) is 6.99. The number of nitrogens with zero attached hydrogens (tertiary/aromatic N) is 4. The Bertz CT molecular complexity index is 941. The number of halogens is 1. The molecule has 2 heterocycles. The summed E-state index contributed by atoms with van der Waals surface area (Å²) in [5, 5.41) is 2.79. The summed E-state index contributed by atoms with van der Waals surface area (Å²) in [6.45, 7) is 0.264. The zero-order chi connectivity index (χ0) is 21.7. The van der Waals surface area contributed by atoms with Gasteiger partial charge in [-0.25, -0.2) is 24.2 Å². The summed E-state index contributed by atoms with van der Waals surface area (Å²) >= 11 is 1.27. The fraction of sp³-hybridized carbons (Fsp3) is 0.350. The van der Waals surface area contributed by atoms with E-state index >= 15 is 0 Å². The number of methoxy groups -OCH3 is 1. The first-order chi connectivity index (χ1) is 14.4. The van der Waals surface area contributed by atoms with E-state index in [1.807, 2.05) is 0 Å². The van der Waals surface area contributed by atoms with Crippen LogP contribution in [0.4, 0.5) is 4.39 Å². The lowest BCUT2D eigenvalue weighted by atomic mass is 10.1. The van der Waals surface area contributed by atoms with Gasteiger partial charge in [0.15, 0.2) is 11.2 Å². The van der Waals surface area contributed by atoms with E-state index in [-0.39, 0.29) is 24.6 Å². The highest BCUT2D eigenvalue weighted by Gasteiger charge is 2.41. The van der Waals surface area contributed by atoms with Crippen LogP contribution in [0.3, 0.4) is 0 Å². The molecule has 10 heteroatoms. The molecule has 1 aromatic heterocycles. The lowest BCUT2D eigenvalue weighted by Gasteiger charge is -2.42. The molecule has 1 saturated heterocycles. The summed E-state index contributed by atoms with van der Waals surface area (Å²) in [4.78, 5) is 46.9. The van der Waals surface area contributed by atoms with E-state index in [1.54, 1.807) is 6.26 Å². The van der Waals surface area contributed by atoms with Gasteiger partial charge in [-0.05, 0) is 42.9 Å². The number of carbonyl (C=O) groups is 3. The minimum Gasteiger partial charge on any atom is -0.467 e. The van der Waals surface area contributed by atoms with Gasteiger partial charge in [0, 0.05) is 12.7 Å². The van der Waals surface area contributed by atoms with Crippen LogP contribution in [-0.2, 0) is 20.7 Å². The fourth-order valence-corrected chi connectivity index (χ4v) is 3.58. The van der Waals surface area contributed by atoms with Crippen molar-refractivity contribution in [2.24, 2.45) is 0 Å². The number of hydrazine groups is 1.